The lowest BCUT2D eigenvalue weighted by Crippen LogP contribution is -2.22. The van der Waals surface area contributed by atoms with Gasteiger partial charge in [-0.15, -0.1) is 0 Å². The Morgan fingerprint density at radius 1 is 1.47 bits per heavy atom. The third-order valence-electron chi connectivity index (χ3n) is 2.33. The summed E-state index contributed by atoms with van der Waals surface area (Å²) in [5, 5.41) is 20.9. The van der Waals surface area contributed by atoms with Gasteiger partial charge in [0.15, 0.2) is 0 Å². The third-order valence-corrected chi connectivity index (χ3v) is 2.33. The van der Waals surface area contributed by atoms with Gasteiger partial charge in [-0.1, -0.05) is 6.07 Å². The maximum Gasteiger partial charge on any atom is 0.337 e. The number of aromatic carboxylic acids is 1. The minimum Gasteiger partial charge on any atom is -0.478 e. The van der Waals surface area contributed by atoms with Crippen LogP contribution in [0.5, 0.6) is 0 Å². The van der Waals surface area contributed by atoms with Gasteiger partial charge in [0.25, 0.3) is 0 Å². The number of para-hydroxylation sites is 1. The number of carboxylic acid groups (broad SMARTS) is 1. The maximum atomic E-state index is 13.5. The molecule has 3 N–H and O–H groups in total. The first kappa shape index (κ1) is 13.4. The molecular weight excluding hydrogens is 225 g/mol. The van der Waals surface area contributed by atoms with Crippen LogP contribution in [0, 0.1) is 5.82 Å². The zero-order valence-corrected chi connectivity index (χ0v) is 9.77. The molecule has 94 valence electrons. The highest BCUT2D eigenvalue weighted by molar-refractivity contribution is 5.94. The van der Waals surface area contributed by atoms with Crippen molar-refractivity contribution in [3.8, 4) is 0 Å². The summed E-state index contributed by atoms with van der Waals surface area (Å²) in [6.45, 7) is 3.38. The SMILES string of the molecule is CC(O)CC(C)Nc1c(F)cccc1C(=O)O. The molecule has 4 nitrogen and oxygen atoms in total. The van der Waals surface area contributed by atoms with E-state index in [0.29, 0.717) is 6.42 Å². The largest absolute Gasteiger partial charge is 0.478 e. The van der Waals surface area contributed by atoms with Crippen LogP contribution in [0.1, 0.15) is 30.6 Å². The van der Waals surface area contributed by atoms with Crippen LogP contribution in [0.4, 0.5) is 10.1 Å². The van der Waals surface area contributed by atoms with Crippen molar-refractivity contribution < 1.29 is 19.4 Å². The molecule has 5 heteroatoms. The molecule has 0 aliphatic carbocycles. The monoisotopic (exact) mass is 241 g/mol. The maximum absolute atomic E-state index is 13.5. The van der Waals surface area contributed by atoms with Gasteiger partial charge in [0, 0.05) is 6.04 Å². The Hall–Kier alpha value is -1.62. The van der Waals surface area contributed by atoms with Gasteiger partial charge in [-0.3, -0.25) is 0 Å². The number of benzene rings is 1. The number of rotatable bonds is 5. The molecule has 0 amide bonds. The first-order chi connectivity index (χ1) is 7.91. The van der Waals surface area contributed by atoms with Crippen molar-refractivity contribution in [2.75, 3.05) is 5.32 Å². The van der Waals surface area contributed by atoms with Crippen molar-refractivity contribution in [2.45, 2.75) is 32.4 Å². The third kappa shape index (κ3) is 3.71. The van der Waals surface area contributed by atoms with Crippen molar-refractivity contribution in [3.63, 3.8) is 0 Å². The number of carboxylic acids is 1. The highest BCUT2D eigenvalue weighted by Gasteiger charge is 2.16. The standard InChI is InChI=1S/C12H16FNO3/c1-7(6-8(2)15)14-11-9(12(16)17)4-3-5-10(11)13/h3-5,7-8,14-15H,6H2,1-2H3,(H,16,17). The first-order valence-electron chi connectivity index (χ1n) is 5.38. The number of aliphatic hydroxyl groups excluding tert-OH is 1. The summed E-state index contributed by atoms with van der Waals surface area (Å²) in [5.74, 6) is -1.79. The van der Waals surface area contributed by atoms with Crippen molar-refractivity contribution in [1.29, 1.82) is 0 Å². The van der Waals surface area contributed by atoms with Gasteiger partial charge in [0.1, 0.15) is 5.82 Å². The molecule has 1 aromatic rings. The Labute approximate surface area is 99.1 Å². The Bertz CT molecular complexity index is 407. The molecule has 2 unspecified atom stereocenters. The second-order valence-corrected chi connectivity index (χ2v) is 4.10. The van der Waals surface area contributed by atoms with Crippen LogP contribution < -0.4 is 5.32 Å². The molecule has 0 radical (unpaired) electrons. The summed E-state index contributed by atoms with van der Waals surface area (Å²) in [4.78, 5) is 10.9. The van der Waals surface area contributed by atoms with Crippen LogP contribution in [0.25, 0.3) is 0 Å². The lowest BCUT2D eigenvalue weighted by Gasteiger charge is -2.18. The van der Waals surface area contributed by atoms with E-state index >= 15 is 0 Å². The molecule has 0 saturated carbocycles. The average Bonchev–Trinajstić information content (AvgIpc) is 2.19. The van der Waals surface area contributed by atoms with E-state index in [0.717, 1.165) is 0 Å². The lowest BCUT2D eigenvalue weighted by molar-refractivity contribution is 0.0697. The number of hydrogen-bond donors (Lipinski definition) is 3. The minimum absolute atomic E-state index is 0.0341. The molecule has 0 saturated heterocycles. The zero-order chi connectivity index (χ0) is 13.0. The normalized spacial score (nSPS) is 14.1. The minimum atomic E-state index is -1.18. The van der Waals surface area contributed by atoms with Crippen molar-refractivity contribution in [2.24, 2.45) is 0 Å². The van der Waals surface area contributed by atoms with E-state index in [1.807, 2.05) is 0 Å². The first-order valence-corrected chi connectivity index (χ1v) is 5.38. The lowest BCUT2D eigenvalue weighted by atomic mass is 10.1. The highest BCUT2D eigenvalue weighted by Crippen LogP contribution is 2.21. The molecule has 17 heavy (non-hydrogen) atoms. The molecule has 0 bridgehead atoms. The number of carbonyl (C=O) groups is 1. The Kier molecular flexibility index (Phi) is 4.45. The Morgan fingerprint density at radius 2 is 2.12 bits per heavy atom. The van der Waals surface area contributed by atoms with Crippen molar-refractivity contribution >= 4 is 11.7 Å². The Balaban J connectivity index is 2.92. The molecule has 1 rings (SSSR count). The molecule has 0 spiro atoms. The van der Waals surface area contributed by atoms with E-state index in [2.05, 4.69) is 5.32 Å². The van der Waals surface area contributed by atoms with Crippen LogP contribution in [0.2, 0.25) is 0 Å². The van der Waals surface area contributed by atoms with E-state index in [1.54, 1.807) is 13.8 Å². The molecular formula is C12H16FNO3. The molecule has 0 aliphatic heterocycles. The summed E-state index contributed by atoms with van der Waals surface area (Å²) in [6.07, 6.45) is -0.120. The van der Waals surface area contributed by atoms with Gasteiger partial charge in [0.05, 0.1) is 17.4 Å². The van der Waals surface area contributed by atoms with Crippen LogP contribution in [0.3, 0.4) is 0 Å². The molecule has 1 aromatic carbocycles. The van der Waals surface area contributed by atoms with E-state index in [9.17, 15) is 14.3 Å². The topological polar surface area (TPSA) is 69.6 Å². The fourth-order valence-corrected chi connectivity index (χ4v) is 1.67. The second kappa shape index (κ2) is 5.63. The van der Waals surface area contributed by atoms with E-state index in [1.165, 1.54) is 18.2 Å². The van der Waals surface area contributed by atoms with Gasteiger partial charge in [-0.25, -0.2) is 9.18 Å². The van der Waals surface area contributed by atoms with E-state index < -0.39 is 17.9 Å². The van der Waals surface area contributed by atoms with E-state index in [4.69, 9.17) is 5.11 Å². The van der Waals surface area contributed by atoms with Crippen molar-refractivity contribution in [1.82, 2.24) is 0 Å². The molecule has 0 fully saturated rings. The highest BCUT2D eigenvalue weighted by atomic mass is 19.1. The van der Waals surface area contributed by atoms with Crippen LogP contribution >= 0.6 is 0 Å². The number of hydrogen-bond acceptors (Lipinski definition) is 3. The summed E-state index contributed by atoms with van der Waals surface area (Å²) >= 11 is 0. The molecule has 0 aliphatic rings. The van der Waals surface area contributed by atoms with Crippen LogP contribution in [0.15, 0.2) is 18.2 Å². The number of aliphatic hydroxyl groups is 1. The number of nitrogens with one attached hydrogen (secondary N) is 1. The molecule has 0 aromatic heterocycles. The zero-order valence-electron chi connectivity index (χ0n) is 9.77. The second-order valence-electron chi connectivity index (χ2n) is 4.10. The van der Waals surface area contributed by atoms with Gasteiger partial charge in [-0.05, 0) is 32.4 Å². The summed E-state index contributed by atoms with van der Waals surface area (Å²) in [7, 11) is 0. The summed E-state index contributed by atoms with van der Waals surface area (Å²) in [6, 6.07) is 3.67. The predicted octanol–water partition coefficient (Wildman–Crippen LogP) is 2.10. The molecule has 2 atom stereocenters. The van der Waals surface area contributed by atoms with Gasteiger partial charge < -0.3 is 15.5 Å². The predicted molar refractivity (Wildman–Crippen MR) is 62.7 cm³/mol. The van der Waals surface area contributed by atoms with E-state index in [-0.39, 0.29) is 17.3 Å². The summed E-state index contributed by atoms with van der Waals surface area (Å²) < 4.78 is 13.5. The average molecular weight is 241 g/mol. The van der Waals surface area contributed by atoms with Gasteiger partial charge in [0.2, 0.25) is 0 Å². The fraction of sp³-hybridized carbons (Fsp3) is 0.417. The number of halogens is 1. The smallest absolute Gasteiger partial charge is 0.337 e. The van der Waals surface area contributed by atoms with Gasteiger partial charge in [-0.2, -0.15) is 0 Å². The van der Waals surface area contributed by atoms with Gasteiger partial charge >= 0.3 is 5.97 Å². The number of anilines is 1. The fourth-order valence-electron chi connectivity index (χ4n) is 1.67. The summed E-state index contributed by atoms with van der Waals surface area (Å²) in [5.41, 5.74) is -0.143. The van der Waals surface area contributed by atoms with Crippen molar-refractivity contribution in [3.05, 3.63) is 29.6 Å². The quantitative estimate of drug-likeness (QED) is 0.738. The Morgan fingerprint density at radius 3 is 2.65 bits per heavy atom. The van der Waals surface area contributed by atoms with Crippen LogP contribution in [-0.4, -0.2) is 28.3 Å². The molecule has 0 heterocycles. The van der Waals surface area contributed by atoms with Crippen LogP contribution in [-0.2, 0) is 0 Å².